The van der Waals surface area contributed by atoms with Crippen LogP contribution in [0, 0.1) is 0 Å². The molecule has 2 unspecified atom stereocenters. The Morgan fingerprint density at radius 2 is 2.00 bits per heavy atom. The smallest absolute Gasteiger partial charge is 0.0779 e. The van der Waals surface area contributed by atoms with Gasteiger partial charge in [0.1, 0.15) is 0 Å². The Balaban J connectivity index is 2.95. The third kappa shape index (κ3) is 3.83. The molecule has 0 aliphatic carbocycles. The summed E-state index contributed by atoms with van der Waals surface area (Å²) in [5.41, 5.74) is 3.75. The summed E-state index contributed by atoms with van der Waals surface area (Å²) in [5.74, 6) is 5.59. The van der Waals surface area contributed by atoms with E-state index in [1.54, 1.807) is 6.07 Å². The van der Waals surface area contributed by atoms with Gasteiger partial charge in [-0.1, -0.05) is 36.2 Å². The molecule has 0 aliphatic heterocycles. The van der Waals surface area contributed by atoms with Crippen molar-refractivity contribution in [3.63, 3.8) is 0 Å². The lowest BCUT2D eigenvalue weighted by molar-refractivity contribution is 0.0314. The first-order chi connectivity index (χ1) is 8.13. The van der Waals surface area contributed by atoms with Gasteiger partial charge in [0, 0.05) is 6.61 Å². The molecule has 0 aliphatic rings. The van der Waals surface area contributed by atoms with Crippen LogP contribution < -0.4 is 11.3 Å². The van der Waals surface area contributed by atoms with Gasteiger partial charge in [-0.05, 0) is 31.0 Å². The van der Waals surface area contributed by atoms with Crippen molar-refractivity contribution >= 4 is 23.2 Å². The predicted octanol–water partition coefficient (Wildman–Crippen LogP) is 3.31. The van der Waals surface area contributed by atoms with Crippen LogP contribution in [0.15, 0.2) is 18.2 Å². The summed E-state index contributed by atoms with van der Waals surface area (Å²) in [4.78, 5) is 0. The molecule has 1 rings (SSSR count). The molecule has 0 fully saturated rings. The van der Waals surface area contributed by atoms with Gasteiger partial charge in [0.25, 0.3) is 0 Å². The summed E-state index contributed by atoms with van der Waals surface area (Å²) in [6, 6.07) is 5.40. The van der Waals surface area contributed by atoms with Crippen molar-refractivity contribution in [1.82, 2.24) is 5.43 Å². The molecule has 96 valence electrons. The van der Waals surface area contributed by atoms with Crippen molar-refractivity contribution < 1.29 is 4.74 Å². The zero-order valence-electron chi connectivity index (χ0n) is 10.0. The SMILES string of the molecule is CCOC(CC)C(NN)c1ccc(Cl)c(Cl)c1. The third-order valence-electron chi connectivity index (χ3n) is 2.64. The van der Waals surface area contributed by atoms with E-state index in [2.05, 4.69) is 12.3 Å². The van der Waals surface area contributed by atoms with Gasteiger partial charge >= 0.3 is 0 Å². The van der Waals surface area contributed by atoms with Crippen LogP contribution in [0.1, 0.15) is 31.9 Å². The maximum Gasteiger partial charge on any atom is 0.0779 e. The first-order valence-corrected chi connectivity index (χ1v) is 6.42. The fraction of sp³-hybridized carbons (Fsp3) is 0.500. The predicted molar refractivity (Wildman–Crippen MR) is 72.2 cm³/mol. The molecule has 5 heteroatoms. The molecule has 0 aromatic heterocycles. The van der Waals surface area contributed by atoms with Gasteiger partial charge in [-0.25, -0.2) is 0 Å². The minimum Gasteiger partial charge on any atom is -0.376 e. The average molecular weight is 277 g/mol. The molecular formula is C12H18Cl2N2O. The second-order valence-electron chi connectivity index (χ2n) is 3.72. The van der Waals surface area contributed by atoms with Gasteiger partial charge in [0.05, 0.1) is 22.2 Å². The minimum atomic E-state index is -0.0882. The van der Waals surface area contributed by atoms with E-state index < -0.39 is 0 Å². The van der Waals surface area contributed by atoms with Gasteiger partial charge in [-0.15, -0.1) is 0 Å². The number of rotatable bonds is 6. The molecule has 0 heterocycles. The Bertz CT molecular complexity index is 360. The number of nitrogens with two attached hydrogens (primary N) is 1. The Labute approximate surface area is 112 Å². The fourth-order valence-electron chi connectivity index (χ4n) is 1.79. The Morgan fingerprint density at radius 1 is 1.29 bits per heavy atom. The lowest BCUT2D eigenvalue weighted by atomic mass is 10.0. The molecule has 0 amide bonds. The van der Waals surface area contributed by atoms with E-state index in [0.717, 1.165) is 12.0 Å². The Kier molecular flexibility index (Phi) is 6.23. The average Bonchev–Trinajstić information content (AvgIpc) is 2.33. The number of ether oxygens (including phenoxy) is 1. The van der Waals surface area contributed by atoms with Crippen molar-refractivity contribution in [2.75, 3.05) is 6.61 Å². The van der Waals surface area contributed by atoms with E-state index in [9.17, 15) is 0 Å². The van der Waals surface area contributed by atoms with Crippen molar-refractivity contribution in [2.24, 2.45) is 5.84 Å². The third-order valence-corrected chi connectivity index (χ3v) is 3.38. The van der Waals surface area contributed by atoms with E-state index in [1.165, 1.54) is 0 Å². The highest BCUT2D eigenvalue weighted by Gasteiger charge is 2.21. The summed E-state index contributed by atoms with van der Waals surface area (Å²) in [6.07, 6.45) is 0.880. The lowest BCUT2D eigenvalue weighted by Crippen LogP contribution is -2.37. The van der Waals surface area contributed by atoms with E-state index in [1.807, 2.05) is 19.1 Å². The van der Waals surface area contributed by atoms with Crippen molar-refractivity contribution in [3.8, 4) is 0 Å². The molecule has 2 atom stereocenters. The van der Waals surface area contributed by atoms with Crippen molar-refractivity contribution in [1.29, 1.82) is 0 Å². The topological polar surface area (TPSA) is 47.3 Å². The van der Waals surface area contributed by atoms with Crippen LogP contribution in [-0.4, -0.2) is 12.7 Å². The number of hydrazine groups is 1. The van der Waals surface area contributed by atoms with Crippen LogP contribution in [0.25, 0.3) is 0 Å². The molecule has 0 bridgehead atoms. The van der Waals surface area contributed by atoms with Gasteiger partial charge in [0.2, 0.25) is 0 Å². The molecular weight excluding hydrogens is 259 g/mol. The van der Waals surface area contributed by atoms with Gasteiger partial charge in [0.15, 0.2) is 0 Å². The molecule has 3 N–H and O–H groups in total. The van der Waals surface area contributed by atoms with E-state index in [4.69, 9.17) is 33.8 Å². The second kappa shape index (κ2) is 7.19. The minimum absolute atomic E-state index is 0.0160. The van der Waals surface area contributed by atoms with E-state index in [-0.39, 0.29) is 12.1 Å². The maximum absolute atomic E-state index is 6.00. The monoisotopic (exact) mass is 276 g/mol. The second-order valence-corrected chi connectivity index (χ2v) is 4.53. The molecule has 0 spiro atoms. The molecule has 0 saturated heterocycles. The normalized spacial score (nSPS) is 14.6. The zero-order chi connectivity index (χ0) is 12.8. The largest absolute Gasteiger partial charge is 0.376 e. The number of nitrogens with one attached hydrogen (secondary N) is 1. The highest BCUT2D eigenvalue weighted by Crippen LogP contribution is 2.28. The van der Waals surface area contributed by atoms with Crippen LogP contribution in [0.4, 0.5) is 0 Å². The van der Waals surface area contributed by atoms with Gasteiger partial charge in [-0.2, -0.15) is 0 Å². The summed E-state index contributed by atoms with van der Waals surface area (Å²) in [6.45, 7) is 4.67. The maximum atomic E-state index is 6.00. The van der Waals surface area contributed by atoms with Crippen LogP contribution in [0.2, 0.25) is 10.0 Å². The number of halogens is 2. The summed E-state index contributed by atoms with van der Waals surface area (Å²) in [7, 11) is 0. The van der Waals surface area contributed by atoms with Gasteiger partial charge in [-0.3, -0.25) is 11.3 Å². The molecule has 17 heavy (non-hydrogen) atoms. The highest BCUT2D eigenvalue weighted by atomic mass is 35.5. The van der Waals surface area contributed by atoms with Crippen LogP contribution in [-0.2, 0) is 4.74 Å². The summed E-state index contributed by atoms with van der Waals surface area (Å²) < 4.78 is 5.65. The Morgan fingerprint density at radius 3 is 2.47 bits per heavy atom. The van der Waals surface area contributed by atoms with Crippen LogP contribution in [0.3, 0.4) is 0 Å². The van der Waals surface area contributed by atoms with Crippen molar-refractivity contribution in [3.05, 3.63) is 33.8 Å². The molecule has 0 radical (unpaired) electrons. The molecule has 0 saturated carbocycles. The highest BCUT2D eigenvalue weighted by molar-refractivity contribution is 6.42. The first kappa shape index (κ1) is 14.7. The zero-order valence-corrected chi connectivity index (χ0v) is 11.6. The summed E-state index contributed by atoms with van der Waals surface area (Å²) in [5, 5.41) is 1.06. The van der Waals surface area contributed by atoms with E-state index >= 15 is 0 Å². The Hall–Kier alpha value is -0.320. The van der Waals surface area contributed by atoms with E-state index in [0.29, 0.717) is 16.7 Å². The number of hydrogen-bond acceptors (Lipinski definition) is 3. The number of benzene rings is 1. The quantitative estimate of drug-likeness (QED) is 0.619. The van der Waals surface area contributed by atoms with Gasteiger partial charge < -0.3 is 4.74 Å². The number of hydrogen-bond donors (Lipinski definition) is 2. The standard InChI is InChI=1S/C12H18Cl2N2O/c1-3-11(17-4-2)12(16-15)8-5-6-9(13)10(14)7-8/h5-7,11-12,16H,3-4,15H2,1-2H3. The molecule has 1 aromatic rings. The first-order valence-electron chi connectivity index (χ1n) is 5.66. The summed E-state index contributed by atoms with van der Waals surface area (Å²) >= 11 is 11.9. The lowest BCUT2D eigenvalue weighted by Gasteiger charge is -2.26. The van der Waals surface area contributed by atoms with Crippen molar-refractivity contribution in [2.45, 2.75) is 32.4 Å². The van der Waals surface area contributed by atoms with Crippen LogP contribution >= 0.6 is 23.2 Å². The molecule has 3 nitrogen and oxygen atoms in total. The molecule has 1 aromatic carbocycles. The van der Waals surface area contributed by atoms with Crippen LogP contribution in [0.5, 0.6) is 0 Å². The fourth-order valence-corrected chi connectivity index (χ4v) is 2.09.